The average molecular weight is 260 g/mol. The van der Waals surface area contributed by atoms with E-state index in [9.17, 15) is 5.11 Å². The number of nitriles is 1. The molecule has 0 amide bonds. The summed E-state index contributed by atoms with van der Waals surface area (Å²) in [5, 5.41) is 18.8. The first-order chi connectivity index (χ1) is 9.11. The van der Waals surface area contributed by atoms with Gasteiger partial charge in [0.2, 0.25) is 0 Å². The summed E-state index contributed by atoms with van der Waals surface area (Å²) >= 11 is 0. The summed E-state index contributed by atoms with van der Waals surface area (Å²) < 4.78 is 5.66. The molecule has 102 valence electrons. The minimum Gasteiger partial charge on any atom is -0.491 e. The van der Waals surface area contributed by atoms with E-state index in [0.717, 1.165) is 32.5 Å². The predicted molar refractivity (Wildman–Crippen MR) is 72.9 cm³/mol. The number of hydrogen-bond acceptors (Lipinski definition) is 4. The molecule has 1 aliphatic heterocycles. The van der Waals surface area contributed by atoms with Crippen molar-refractivity contribution < 1.29 is 9.84 Å². The summed E-state index contributed by atoms with van der Waals surface area (Å²) in [7, 11) is 0. The number of para-hydroxylation sites is 1. The summed E-state index contributed by atoms with van der Waals surface area (Å²) in [4.78, 5) is 2.28. The van der Waals surface area contributed by atoms with E-state index in [0.29, 0.717) is 17.9 Å². The van der Waals surface area contributed by atoms with Gasteiger partial charge in [-0.15, -0.1) is 0 Å². The lowest BCUT2D eigenvalue weighted by molar-refractivity contribution is -0.00768. The lowest BCUT2D eigenvalue weighted by Gasteiger charge is -2.35. The zero-order valence-corrected chi connectivity index (χ0v) is 11.3. The molecule has 1 fully saturated rings. The molecule has 0 unspecified atom stereocenters. The van der Waals surface area contributed by atoms with Crippen LogP contribution in [-0.2, 0) is 0 Å². The van der Waals surface area contributed by atoms with Crippen molar-refractivity contribution in [2.75, 3.05) is 26.2 Å². The molecule has 0 aliphatic carbocycles. The molecule has 4 heteroatoms. The normalized spacial score (nSPS) is 18.8. The molecule has 0 atom stereocenters. The highest BCUT2D eigenvalue weighted by Gasteiger charge is 2.26. The summed E-state index contributed by atoms with van der Waals surface area (Å²) in [6.45, 7) is 5.09. The zero-order chi connectivity index (χ0) is 13.7. The molecule has 0 spiro atoms. The summed E-state index contributed by atoms with van der Waals surface area (Å²) in [5.74, 6) is 0.647. The largest absolute Gasteiger partial charge is 0.491 e. The first-order valence-electron chi connectivity index (χ1n) is 6.67. The summed E-state index contributed by atoms with van der Waals surface area (Å²) in [6.07, 6.45) is 1.61. The molecule has 1 saturated heterocycles. The summed E-state index contributed by atoms with van der Waals surface area (Å²) in [5.41, 5.74) is 0.0641. The summed E-state index contributed by atoms with van der Waals surface area (Å²) in [6, 6.07) is 9.40. The molecule has 0 radical (unpaired) electrons. The Morgan fingerprint density at radius 2 is 2.05 bits per heavy atom. The fourth-order valence-electron chi connectivity index (χ4n) is 2.23. The molecule has 1 aromatic carbocycles. The smallest absolute Gasteiger partial charge is 0.137 e. The van der Waals surface area contributed by atoms with E-state index in [1.165, 1.54) is 0 Å². The van der Waals surface area contributed by atoms with Gasteiger partial charge in [-0.1, -0.05) is 12.1 Å². The van der Waals surface area contributed by atoms with Gasteiger partial charge < -0.3 is 9.84 Å². The highest BCUT2D eigenvalue weighted by atomic mass is 16.5. The molecule has 0 saturated carbocycles. The molecule has 1 aliphatic rings. The maximum Gasteiger partial charge on any atom is 0.137 e. The van der Waals surface area contributed by atoms with Crippen LogP contribution in [0.1, 0.15) is 25.3 Å². The van der Waals surface area contributed by atoms with Crippen molar-refractivity contribution in [1.29, 1.82) is 5.26 Å². The molecule has 4 nitrogen and oxygen atoms in total. The highest BCUT2D eigenvalue weighted by molar-refractivity contribution is 5.42. The minimum absolute atomic E-state index is 0.509. The van der Waals surface area contributed by atoms with Crippen LogP contribution in [0.4, 0.5) is 0 Å². The Morgan fingerprint density at radius 3 is 2.74 bits per heavy atom. The van der Waals surface area contributed by atoms with Crippen LogP contribution in [0.25, 0.3) is 0 Å². The van der Waals surface area contributed by atoms with Gasteiger partial charge in [-0.2, -0.15) is 5.26 Å². The molecule has 0 bridgehead atoms. The van der Waals surface area contributed by atoms with E-state index in [1.807, 2.05) is 25.1 Å². The van der Waals surface area contributed by atoms with Crippen LogP contribution in [0, 0.1) is 11.3 Å². The van der Waals surface area contributed by atoms with Gasteiger partial charge in [0, 0.05) is 19.6 Å². The van der Waals surface area contributed by atoms with Gasteiger partial charge in [0.1, 0.15) is 18.4 Å². The van der Waals surface area contributed by atoms with Crippen molar-refractivity contribution in [1.82, 2.24) is 4.90 Å². The number of aliphatic hydroxyl groups is 1. The van der Waals surface area contributed by atoms with E-state index < -0.39 is 5.60 Å². The van der Waals surface area contributed by atoms with E-state index in [-0.39, 0.29) is 0 Å². The number of benzene rings is 1. The quantitative estimate of drug-likeness (QED) is 0.896. The van der Waals surface area contributed by atoms with E-state index in [4.69, 9.17) is 10.00 Å². The van der Waals surface area contributed by atoms with Gasteiger partial charge in [-0.3, -0.25) is 4.90 Å². The standard InChI is InChI=1S/C15H20N2O2/c1-15(18)6-8-17(9-7-15)10-11-19-14-5-3-2-4-13(14)12-16/h2-5,18H,6-11H2,1H3. The second-order valence-electron chi connectivity index (χ2n) is 5.30. The van der Waals surface area contributed by atoms with Gasteiger partial charge in [-0.25, -0.2) is 0 Å². The molecule has 1 N–H and O–H groups in total. The molecular weight excluding hydrogens is 240 g/mol. The second-order valence-corrected chi connectivity index (χ2v) is 5.30. The lowest BCUT2D eigenvalue weighted by Crippen LogP contribution is -2.43. The Bertz CT molecular complexity index is 455. The second kappa shape index (κ2) is 6.05. The Balaban J connectivity index is 1.77. The molecule has 2 rings (SSSR count). The van der Waals surface area contributed by atoms with E-state index >= 15 is 0 Å². The maximum atomic E-state index is 9.87. The molecule has 1 aromatic rings. The first kappa shape index (κ1) is 13.9. The molecule has 1 heterocycles. The number of hydrogen-bond donors (Lipinski definition) is 1. The first-order valence-corrected chi connectivity index (χ1v) is 6.67. The van der Waals surface area contributed by atoms with Crippen molar-refractivity contribution in [2.24, 2.45) is 0 Å². The van der Waals surface area contributed by atoms with Crippen LogP contribution < -0.4 is 4.74 Å². The van der Waals surface area contributed by atoms with Crippen LogP contribution in [-0.4, -0.2) is 41.8 Å². The highest BCUT2D eigenvalue weighted by Crippen LogP contribution is 2.21. The fourth-order valence-corrected chi connectivity index (χ4v) is 2.23. The van der Waals surface area contributed by atoms with Gasteiger partial charge >= 0.3 is 0 Å². The van der Waals surface area contributed by atoms with Gasteiger partial charge in [-0.05, 0) is 31.9 Å². The third-order valence-corrected chi connectivity index (χ3v) is 3.61. The minimum atomic E-state index is -0.509. The van der Waals surface area contributed by atoms with Crippen molar-refractivity contribution >= 4 is 0 Å². The molecule has 19 heavy (non-hydrogen) atoms. The van der Waals surface area contributed by atoms with E-state index in [2.05, 4.69) is 11.0 Å². The maximum absolute atomic E-state index is 9.87. The van der Waals surface area contributed by atoms with Crippen LogP contribution in [0.5, 0.6) is 5.75 Å². The van der Waals surface area contributed by atoms with Crippen LogP contribution >= 0.6 is 0 Å². The number of likely N-dealkylation sites (tertiary alicyclic amines) is 1. The third-order valence-electron chi connectivity index (χ3n) is 3.61. The number of nitrogens with zero attached hydrogens (tertiary/aromatic N) is 2. The lowest BCUT2D eigenvalue weighted by atomic mass is 9.94. The SMILES string of the molecule is CC1(O)CCN(CCOc2ccccc2C#N)CC1. The van der Waals surface area contributed by atoms with Gasteiger partial charge in [0.15, 0.2) is 0 Å². The Labute approximate surface area is 114 Å². The topological polar surface area (TPSA) is 56.5 Å². The number of rotatable bonds is 4. The van der Waals surface area contributed by atoms with Crippen molar-refractivity contribution in [3.05, 3.63) is 29.8 Å². The van der Waals surface area contributed by atoms with Crippen LogP contribution in [0.15, 0.2) is 24.3 Å². The monoisotopic (exact) mass is 260 g/mol. The van der Waals surface area contributed by atoms with Crippen LogP contribution in [0.3, 0.4) is 0 Å². The van der Waals surface area contributed by atoms with Gasteiger partial charge in [0.05, 0.1) is 11.2 Å². The number of piperidine rings is 1. The van der Waals surface area contributed by atoms with Crippen molar-refractivity contribution in [2.45, 2.75) is 25.4 Å². The van der Waals surface area contributed by atoms with Crippen molar-refractivity contribution in [3.63, 3.8) is 0 Å². The van der Waals surface area contributed by atoms with Gasteiger partial charge in [0.25, 0.3) is 0 Å². The molecular formula is C15H20N2O2. The zero-order valence-electron chi connectivity index (χ0n) is 11.3. The third kappa shape index (κ3) is 3.95. The number of ether oxygens (including phenoxy) is 1. The Kier molecular flexibility index (Phi) is 4.41. The average Bonchev–Trinajstić information content (AvgIpc) is 2.41. The van der Waals surface area contributed by atoms with E-state index in [1.54, 1.807) is 6.07 Å². The fraction of sp³-hybridized carbons (Fsp3) is 0.533. The van der Waals surface area contributed by atoms with Crippen LogP contribution in [0.2, 0.25) is 0 Å². The predicted octanol–water partition coefficient (Wildman–Crippen LogP) is 1.78. The molecule has 0 aromatic heterocycles. The Morgan fingerprint density at radius 1 is 1.37 bits per heavy atom. The van der Waals surface area contributed by atoms with Crippen molar-refractivity contribution in [3.8, 4) is 11.8 Å². The Hall–Kier alpha value is -1.57.